The van der Waals surface area contributed by atoms with Gasteiger partial charge in [0.05, 0.1) is 11.6 Å². The minimum absolute atomic E-state index is 0.0702. The lowest BCUT2D eigenvalue weighted by Crippen LogP contribution is -2.38. The third-order valence-electron chi connectivity index (χ3n) is 3.85. The summed E-state index contributed by atoms with van der Waals surface area (Å²) in [6.07, 6.45) is 0.481. The van der Waals surface area contributed by atoms with E-state index in [2.05, 4.69) is 5.32 Å². The average Bonchev–Trinajstić information content (AvgIpc) is 2.66. The highest BCUT2D eigenvalue weighted by atomic mass is 16.5. The van der Waals surface area contributed by atoms with E-state index in [4.69, 9.17) is 15.1 Å². The molecule has 2 unspecified atom stereocenters. The van der Waals surface area contributed by atoms with Gasteiger partial charge in [-0.05, 0) is 37.5 Å². The van der Waals surface area contributed by atoms with Crippen molar-refractivity contribution in [1.82, 2.24) is 5.32 Å². The van der Waals surface area contributed by atoms with Crippen molar-refractivity contribution in [1.29, 1.82) is 5.26 Å². The topological polar surface area (TPSA) is 82.3 Å². The molecule has 0 spiro atoms. The molecule has 0 aliphatic carbocycles. The van der Waals surface area contributed by atoms with Crippen molar-refractivity contribution >= 4 is 5.91 Å². The minimum Gasteiger partial charge on any atom is -0.480 e. The first-order valence-corrected chi connectivity index (χ1v) is 8.27. The molecule has 25 heavy (non-hydrogen) atoms. The lowest BCUT2D eigenvalue weighted by molar-refractivity contribution is -0.128. The fourth-order valence-corrected chi connectivity index (χ4v) is 2.50. The van der Waals surface area contributed by atoms with Crippen LogP contribution < -0.4 is 10.1 Å². The van der Waals surface area contributed by atoms with Crippen LogP contribution in [0.25, 0.3) is 0 Å². The Bertz CT molecular complexity index is 725. The van der Waals surface area contributed by atoms with Crippen LogP contribution in [0.15, 0.2) is 54.6 Å². The predicted octanol–water partition coefficient (Wildman–Crippen LogP) is 2.96. The van der Waals surface area contributed by atoms with Crippen LogP contribution in [-0.4, -0.2) is 23.7 Å². The van der Waals surface area contributed by atoms with Gasteiger partial charge in [-0.25, -0.2) is 0 Å². The zero-order chi connectivity index (χ0) is 18.1. The fourth-order valence-electron chi connectivity index (χ4n) is 2.50. The first kappa shape index (κ1) is 18.5. The quantitative estimate of drug-likeness (QED) is 0.775. The van der Waals surface area contributed by atoms with Gasteiger partial charge in [0.15, 0.2) is 6.10 Å². The molecule has 0 aliphatic rings. The summed E-state index contributed by atoms with van der Waals surface area (Å²) < 4.78 is 5.66. The number of amides is 1. The maximum atomic E-state index is 12.5. The van der Waals surface area contributed by atoms with E-state index in [-0.39, 0.29) is 18.6 Å². The maximum Gasteiger partial charge on any atom is 0.261 e. The van der Waals surface area contributed by atoms with Crippen molar-refractivity contribution in [2.75, 3.05) is 6.61 Å². The van der Waals surface area contributed by atoms with Gasteiger partial charge in [-0.2, -0.15) is 5.26 Å². The molecule has 0 saturated carbocycles. The van der Waals surface area contributed by atoms with E-state index < -0.39 is 6.10 Å². The Hall–Kier alpha value is -2.84. The molecule has 2 aromatic carbocycles. The van der Waals surface area contributed by atoms with Crippen LogP contribution in [-0.2, 0) is 4.79 Å². The third-order valence-corrected chi connectivity index (χ3v) is 3.85. The Morgan fingerprint density at radius 2 is 1.88 bits per heavy atom. The van der Waals surface area contributed by atoms with Crippen LogP contribution in [0.2, 0.25) is 0 Å². The molecule has 5 heteroatoms. The number of carbonyl (C=O) groups is 1. The SMILES string of the molecule is CC(Oc1ccccc1C#N)C(=O)NC(CCCO)c1ccccc1. The van der Waals surface area contributed by atoms with Crippen LogP contribution in [0.3, 0.4) is 0 Å². The van der Waals surface area contributed by atoms with Crippen LogP contribution in [0.5, 0.6) is 5.75 Å². The normalized spacial score (nSPS) is 12.7. The molecule has 2 atom stereocenters. The smallest absolute Gasteiger partial charge is 0.261 e. The number of carbonyl (C=O) groups excluding carboxylic acids is 1. The number of hydrogen-bond donors (Lipinski definition) is 2. The summed E-state index contributed by atoms with van der Waals surface area (Å²) in [7, 11) is 0. The maximum absolute atomic E-state index is 12.5. The summed E-state index contributed by atoms with van der Waals surface area (Å²) in [5, 5.41) is 21.2. The molecule has 2 aromatic rings. The number of hydrogen-bond acceptors (Lipinski definition) is 4. The summed E-state index contributed by atoms with van der Waals surface area (Å²) in [6.45, 7) is 1.72. The van der Waals surface area contributed by atoms with E-state index in [1.807, 2.05) is 36.4 Å². The average molecular weight is 338 g/mol. The molecular weight excluding hydrogens is 316 g/mol. The van der Waals surface area contributed by atoms with E-state index in [9.17, 15) is 4.79 Å². The van der Waals surface area contributed by atoms with Crippen molar-refractivity contribution in [3.63, 3.8) is 0 Å². The highest BCUT2D eigenvalue weighted by Gasteiger charge is 2.21. The number of nitrogens with zero attached hydrogens (tertiary/aromatic N) is 1. The predicted molar refractivity (Wildman–Crippen MR) is 94.9 cm³/mol. The number of rotatable bonds is 8. The summed E-state index contributed by atoms with van der Waals surface area (Å²) in [5.41, 5.74) is 1.37. The number of aliphatic hydroxyl groups excluding tert-OH is 1. The van der Waals surface area contributed by atoms with Crippen LogP contribution in [0.4, 0.5) is 0 Å². The van der Waals surface area contributed by atoms with E-state index in [1.54, 1.807) is 31.2 Å². The van der Waals surface area contributed by atoms with Gasteiger partial charge >= 0.3 is 0 Å². The van der Waals surface area contributed by atoms with Crippen molar-refractivity contribution in [3.8, 4) is 11.8 Å². The highest BCUT2D eigenvalue weighted by molar-refractivity contribution is 5.81. The van der Waals surface area contributed by atoms with Crippen molar-refractivity contribution in [3.05, 3.63) is 65.7 Å². The fraction of sp³-hybridized carbons (Fsp3) is 0.300. The van der Waals surface area contributed by atoms with Crippen molar-refractivity contribution in [2.45, 2.75) is 31.9 Å². The van der Waals surface area contributed by atoms with E-state index >= 15 is 0 Å². The molecule has 0 heterocycles. The lowest BCUT2D eigenvalue weighted by Gasteiger charge is -2.22. The molecule has 5 nitrogen and oxygen atoms in total. The molecule has 1 amide bonds. The van der Waals surface area contributed by atoms with Gasteiger partial charge in [-0.15, -0.1) is 0 Å². The number of ether oxygens (including phenoxy) is 1. The molecule has 0 bridgehead atoms. The Morgan fingerprint density at radius 1 is 1.20 bits per heavy atom. The summed E-state index contributed by atoms with van der Waals surface area (Å²) in [4.78, 5) is 12.5. The van der Waals surface area contributed by atoms with Gasteiger partial charge in [0.25, 0.3) is 5.91 Å². The number of para-hydroxylation sites is 1. The standard InChI is InChI=1S/C20H22N2O3/c1-15(25-19-12-6-5-10-17(19)14-21)20(24)22-18(11-7-13-23)16-8-3-2-4-9-16/h2-6,8-10,12,15,18,23H,7,11,13H2,1H3,(H,22,24). The zero-order valence-corrected chi connectivity index (χ0v) is 14.2. The van der Waals surface area contributed by atoms with E-state index in [0.717, 1.165) is 5.56 Å². The number of aliphatic hydroxyl groups is 1. The molecule has 2 rings (SSSR count). The molecular formula is C20H22N2O3. The van der Waals surface area contributed by atoms with Gasteiger partial charge in [0.1, 0.15) is 11.8 Å². The van der Waals surface area contributed by atoms with Crippen LogP contribution >= 0.6 is 0 Å². The molecule has 0 fully saturated rings. The lowest BCUT2D eigenvalue weighted by atomic mass is 10.0. The Balaban J connectivity index is 2.05. The van der Waals surface area contributed by atoms with Gasteiger partial charge in [0, 0.05) is 6.61 Å². The largest absolute Gasteiger partial charge is 0.480 e. The van der Waals surface area contributed by atoms with Crippen LogP contribution in [0, 0.1) is 11.3 Å². The van der Waals surface area contributed by atoms with Crippen molar-refractivity contribution < 1.29 is 14.6 Å². The first-order valence-electron chi connectivity index (χ1n) is 8.27. The number of nitrogens with one attached hydrogen (secondary N) is 1. The molecule has 0 aromatic heterocycles. The van der Waals surface area contributed by atoms with E-state index in [1.165, 1.54) is 0 Å². The number of nitriles is 1. The summed E-state index contributed by atoms with van der Waals surface area (Å²) in [6, 6.07) is 18.3. The molecule has 0 aliphatic heterocycles. The van der Waals surface area contributed by atoms with Gasteiger partial charge in [-0.3, -0.25) is 4.79 Å². The van der Waals surface area contributed by atoms with E-state index in [0.29, 0.717) is 24.2 Å². The molecule has 0 radical (unpaired) electrons. The van der Waals surface area contributed by atoms with Crippen molar-refractivity contribution in [2.24, 2.45) is 0 Å². The molecule has 2 N–H and O–H groups in total. The second-order valence-electron chi connectivity index (χ2n) is 5.71. The Kier molecular flexibility index (Phi) is 7.00. The summed E-state index contributed by atoms with van der Waals surface area (Å²) >= 11 is 0. The van der Waals surface area contributed by atoms with Gasteiger partial charge < -0.3 is 15.2 Å². The third kappa shape index (κ3) is 5.33. The minimum atomic E-state index is -0.741. The summed E-state index contributed by atoms with van der Waals surface area (Å²) in [5.74, 6) is 0.124. The molecule has 130 valence electrons. The molecule has 0 saturated heterocycles. The monoisotopic (exact) mass is 338 g/mol. The zero-order valence-electron chi connectivity index (χ0n) is 14.2. The second-order valence-corrected chi connectivity index (χ2v) is 5.71. The van der Waals surface area contributed by atoms with Gasteiger partial charge in [0.2, 0.25) is 0 Å². The van der Waals surface area contributed by atoms with Crippen LogP contribution in [0.1, 0.15) is 36.9 Å². The second kappa shape index (κ2) is 9.45. The Labute approximate surface area is 147 Å². The Morgan fingerprint density at radius 3 is 2.56 bits per heavy atom. The van der Waals surface area contributed by atoms with Gasteiger partial charge in [-0.1, -0.05) is 42.5 Å². The number of benzene rings is 2. The highest BCUT2D eigenvalue weighted by Crippen LogP contribution is 2.20. The first-order chi connectivity index (χ1) is 12.2.